The quantitative estimate of drug-likeness (QED) is 0.536. The van der Waals surface area contributed by atoms with Crippen molar-refractivity contribution in [3.63, 3.8) is 0 Å². The normalized spacial score (nSPS) is 32.9. The van der Waals surface area contributed by atoms with Crippen LogP contribution in [0.4, 0.5) is 0 Å². The van der Waals surface area contributed by atoms with Crippen LogP contribution >= 0.6 is 0 Å². The first-order chi connectivity index (χ1) is 7.19. The van der Waals surface area contributed by atoms with E-state index in [-0.39, 0.29) is 0 Å². The molecule has 1 rings (SSSR count). The summed E-state index contributed by atoms with van der Waals surface area (Å²) in [6.07, 6.45) is 11.6. The Kier molecular flexibility index (Phi) is 5.42. The van der Waals surface area contributed by atoms with Crippen molar-refractivity contribution in [1.29, 1.82) is 0 Å². The fraction of sp³-hybridized carbons (Fsp3) is 0.867. The van der Waals surface area contributed by atoms with Gasteiger partial charge in [0.25, 0.3) is 0 Å². The molecule has 0 aromatic heterocycles. The van der Waals surface area contributed by atoms with Crippen LogP contribution in [0, 0.1) is 23.7 Å². The van der Waals surface area contributed by atoms with Crippen molar-refractivity contribution in [1.82, 2.24) is 0 Å². The minimum Gasteiger partial charge on any atom is -0.0917 e. The van der Waals surface area contributed by atoms with Gasteiger partial charge in [0.05, 0.1) is 0 Å². The zero-order valence-electron chi connectivity index (χ0n) is 11.0. The molecule has 0 N–H and O–H groups in total. The van der Waals surface area contributed by atoms with Crippen molar-refractivity contribution in [3.05, 3.63) is 12.2 Å². The lowest BCUT2D eigenvalue weighted by Gasteiger charge is -2.43. The fourth-order valence-corrected chi connectivity index (χ4v) is 2.91. The van der Waals surface area contributed by atoms with E-state index in [1.807, 2.05) is 0 Å². The van der Waals surface area contributed by atoms with Gasteiger partial charge in [0, 0.05) is 0 Å². The van der Waals surface area contributed by atoms with Gasteiger partial charge in [-0.15, -0.1) is 0 Å². The zero-order valence-corrected chi connectivity index (χ0v) is 11.0. The van der Waals surface area contributed by atoms with Crippen LogP contribution in [0.25, 0.3) is 0 Å². The first-order valence-electron chi connectivity index (χ1n) is 6.80. The molecule has 1 aliphatic rings. The minimum atomic E-state index is 0.883. The van der Waals surface area contributed by atoms with Gasteiger partial charge in [0.2, 0.25) is 0 Å². The summed E-state index contributed by atoms with van der Waals surface area (Å²) in [7, 11) is 0. The van der Waals surface area contributed by atoms with E-state index in [0.29, 0.717) is 0 Å². The summed E-state index contributed by atoms with van der Waals surface area (Å²) >= 11 is 0. The molecule has 4 unspecified atom stereocenters. The molecule has 4 atom stereocenters. The van der Waals surface area contributed by atoms with Crippen molar-refractivity contribution in [2.45, 2.75) is 59.8 Å². The Morgan fingerprint density at radius 3 is 2.60 bits per heavy atom. The molecule has 0 heteroatoms. The summed E-state index contributed by atoms with van der Waals surface area (Å²) in [5.41, 5.74) is 0. The third-order valence-electron chi connectivity index (χ3n) is 4.42. The molecule has 0 spiro atoms. The van der Waals surface area contributed by atoms with E-state index in [2.05, 4.69) is 39.8 Å². The first-order valence-corrected chi connectivity index (χ1v) is 6.80. The maximum absolute atomic E-state index is 2.46. The summed E-state index contributed by atoms with van der Waals surface area (Å²) < 4.78 is 0. The third-order valence-corrected chi connectivity index (χ3v) is 4.42. The molecule has 0 amide bonds. The Morgan fingerprint density at radius 2 is 2.07 bits per heavy atom. The van der Waals surface area contributed by atoms with E-state index in [4.69, 9.17) is 0 Å². The predicted octanol–water partition coefficient (Wildman–Crippen LogP) is 5.05. The monoisotopic (exact) mass is 208 g/mol. The standard InChI is InChI=1S/C15H28/c1-5-7-8-12(3)9-10-15-11-14(6-2)13(15)4/h5,7,12-15H,6,8-11H2,1-4H3. The van der Waals surface area contributed by atoms with Crippen LogP contribution in [-0.4, -0.2) is 0 Å². The average Bonchev–Trinajstić information content (AvgIpc) is 2.24. The van der Waals surface area contributed by atoms with Crippen LogP contribution in [0.1, 0.15) is 59.8 Å². The van der Waals surface area contributed by atoms with E-state index >= 15 is 0 Å². The highest BCUT2D eigenvalue weighted by Crippen LogP contribution is 2.44. The Bertz CT molecular complexity index is 192. The lowest BCUT2D eigenvalue weighted by atomic mass is 9.63. The highest BCUT2D eigenvalue weighted by molar-refractivity contribution is 4.86. The van der Waals surface area contributed by atoms with Crippen LogP contribution in [0.3, 0.4) is 0 Å². The van der Waals surface area contributed by atoms with Crippen molar-refractivity contribution in [3.8, 4) is 0 Å². The number of allylic oxidation sites excluding steroid dienone is 2. The Hall–Kier alpha value is -0.260. The molecule has 0 aromatic rings. The molecule has 88 valence electrons. The van der Waals surface area contributed by atoms with Gasteiger partial charge in [-0.3, -0.25) is 0 Å². The van der Waals surface area contributed by atoms with E-state index in [1.165, 1.54) is 32.1 Å². The summed E-state index contributed by atoms with van der Waals surface area (Å²) in [4.78, 5) is 0. The average molecular weight is 208 g/mol. The molecule has 0 bridgehead atoms. The van der Waals surface area contributed by atoms with Crippen LogP contribution in [0.15, 0.2) is 12.2 Å². The van der Waals surface area contributed by atoms with Crippen LogP contribution in [-0.2, 0) is 0 Å². The molecule has 0 nitrogen and oxygen atoms in total. The van der Waals surface area contributed by atoms with E-state index in [1.54, 1.807) is 0 Å². The fourth-order valence-electron chi connectivity index (χ4n) is 2.91. The van der Waals surface area contributed by atoms with E-state index in [0.717, 1.165) is 23.7 Å². The van der Waals surface area contributed by atoms with Gasteiger partial charge >= 0.3 is 0 Å². The number of rotatable bonds is 6. The molecule has 0 saturated heterocycles. The zero-order chi connectivity index (χ0) is 11.3. The Morgan fingerprint density at radius 1 is 1.33 bits per heavy atom. The highest BCUT2D eigenvalue weighted by atomic mass is 14.4. The second-order valence-corrected chi connectivity index (χ2v) is 5.51. The number of hydrogen-bond acceptors (Lipinski definition) is 0. The first kappa shape index (κ1) is 12.8. The molecular formula is C15H28. The van der Waals surface area contributed by atoms with Crippen molar-refractivity contribution >= 4 is 0 Å². The van der Waals surface area contributed by atoms with Crippen molar-refractivity contribution in [2.24, 2.45) is 23.7 Å². The molecule has 0 aliphatic heterocycles. The largest absolute Gasteiger partial charge is 0.0917 e. The SMILES string of the molecule is CC=CCC(C)CCC1CC(CC)C1C. The van der Waals surface area contributed by atoms with Gasteiger partial charge in [-0.25, -0.2) is 0 Å². The summed E-state index contributed by atoms with van der Waals surface area (Å²) in [6, 6.07) is 0. The Balaban J connectivity index is 2.11. The highest BCUT2D eigenvalue weighted by Gasteiger charge is 2.35. The summed E-state index contributed by atoms with van der Waals surface area (Å²) in [6.45, 7) is 9.30. The van der Waals surface area contributed by atoms with Crippen LogP contribution in [0.2, 0.25) is 0 Å². The molecular weight excluding hydrogens is 180 g/mol. The Labute approximate surface area is 96.2 Å². The maximum Gasteiger partial charge on any atom is -0.0325 e. The van der Waals surface area contributed by atoms with Gasteiger partial charge in [0.15, 0.2) is 0 Å². The molecule has 0 radical (unpaired) electrons. The summed E-state index contributed by atoms with van der Waals surface area (Å²) in [5, 5.41) is 0. The smallest absolute Gasteiger partial charge is 0.0325 e. The maximum atomic E-state index is 2.46. The summed E-state index contributed by atoms with van der Waals surface area (Å²) in [5.74, 6) is 3.97. The minimum absolute atomic E-state index is 0.883. The number of hydrogen-bond donors (Lipinski definition) is 0. The molecule has 0 heterocycles. The second kappa shape index (κ2) is 6.35. The third kappa shape index (κ3) is 3.66. The van der Waals surface area contributed by atoms with Gasteiger partial charge in [0.1, 0.15) is 0 Å². The molecule has 1 aliphatic carbocycles. The van der Waals surface area contributed by atoms with Gasteiger partial charge in [-0.05, 0) is 49.9 Å². The van der Waals surface area contributed by atoms with Crippen LogP contribution in [0.5, 0.6) is 0 Å². The van der Waals surface area contributed by atoms with Gasteiger partial charge in [-0.1, -0.05) is 45.8 Å². The lowest BCUT2D eigenvalue weighted by molar-refractivity contribution is 0.0717. The molecule has 15 heavy (non-hydrogen) atoms. The second-order valence-electron chi connectivity index (χ2n) is 5.51. The molecule has 1 saturated carbocycles. The van der Waals surface area contributed by atoms with E-state index < -0.39 is 0 Å². The van der Waals surface area contributed by atoms with Crippen molar-refractivity contribution < 1.29 is 0 Å². The molecule has 0 aromatic carbocycles. The topological polar surface area (TPSA) is 0 Å². The van der Waals surface area contributed by atoms with Gasteiger partial charge in [-0.2, -0.15) is 0 Å². The predicted molar refractivity (Wildman–Crippen MR) is 68.9 cm³/mol. The van der Waals surface area contributed by atoms with Crippen molar-refractivity contribution in [2.75, 3.05) is 0 Å². The van der Waals surface area contributed by atoms with Crippen LogP contribution < -0.4 is 0 Å². The molecule has 1 fully saturated rings. The lowest BCUT2D eigenvalue weighted by Crippen LogP contribution is -2.34. The van der Waals surface area contributed by atoms with E-state index in [9.17, 15) is 0 Å². The van der Waals surface area contributed by atoms with Gasteiger partial charge < -0.3 is 0 Å².